The van der Waals surface area contributed by atoms with Crippen molar-refractivity contribution in [1.82, 2.24) is 0 Å². The molecule has 134 valence electrons. The molecule has 2 saturated carbocycles. The first-order valence-corrected chi connectivity index (χ1v) is 9.21. The molecule has 0 amide bonds. The molecule has 1 N–H and O–H groups in total. The average Bonchev–Trinajstić information content (AvgIpc) is 2.82. The third-order valence-corrected chi connectivity index (χ3v) is 5.92. The van der Waals surface area contributed by atoms with Gasteiger partial charge in [-0.1, -0.05) is 44.7 Å². The fraction of sp³-hybridized carbons (Fsp3) is 0.667. The van der Waals surface area contributed by atoms with Crippen LogP contribution in [-0.4, -0.2) is 23.3 Å². The quantitative estimate of drug-likeness (QED) is 0.321. The van der Waals surface area contributed by atoms with Crippen molar-refractivity contribution < 1.29 is 14.6 Å². The largest absolute Gasteiger partial charge is 0.463 e. The van der Waals surface area contributed by atoms with Crippen molar-refractivity contribution in [3.05, 3.63) is 37.0 Å². The summed E-state index contributed by atoms with van der Waals surface area (Å²) in [5, 5.41) is 10.9. The van der Waals surface area contributed by atoms with Crippen LogP contribution in [0.4, 0.5) is 0 Å². The van der Waals surface area contributed by atoms with E-state index in [0.717, 1.165) is 38.0 Å². The molecule has 0 aromatic heterocycles. The minimum Gasteiger partial charge on any atom is -0.463 e. The molecular formula is C21H32O3. The molecule has 3 nitrogen and oxygen atoms in total. The number of rotatable bonds is 7. The molecule has 2 aliphatic carbocycles. The highest BCUT2D eigenvalue weighted by atomic mass is 16.5. The fourth-order valence-corrected chi connectivity index (χ4v) is 4.59. The molecule has 0 aromatic rings. The van der Waals surface area contributed by atoms with E-state index in [1.54, 1.807) is 24.3 Å². The molecule has 0 bridgehead atoms. The maximum atomic E-state index is 11.5. The average molecular weight is 332 g/mol. The fourth-order valence-electron chi connectivity index (χ4n) is 4.59. The molecule has 0 spiro atoms. The summed E-state index contributed by atoms with van der Waals surface area (Å²) in [7, 11) is 0. The number of fused-ring (bicyclic) bond motifs is 1. The van der Waals surface area contributed by atoms with Crippen LogP contribution >= 0.6 is 0 Å². The third kappa shape index (κ3) is 5.07. The van der Waals surface area contributed by atoms with Gasteiger partial charge in [0.2, 0.25) is 0 Å². The Balaban J connectivity index is 1.69. The zero-order valence-corrected chi connectivity index (χ0v) is 15.2. The number of carbonyl (C=O) groups excluding carboxylic acids is 1. The number of aliphatic hydroxyl groups is 1. The van der Waals surface area contributed by atoms with Gasteiger partial charge in [0, 0.05) is 6.08 Å². The molecule has 24 heavy (non-hydrogen) atoms. The summed E-state index contributed by atoms with van der Waals surface area (Å²) in [6.45, 7) is 8.68. The highest BCUT2D eigenvalue weighted by Gasteiger charge is 2.48. The van der Waals surface area contributed by atoms with Gasteiger partial charge >= 0.3 is 5.97 Å². The van der Waals surface area contributed by atoms with Crippen LogP contribution in [0.2, 0.25) is 0 Å². The Morgan fingerprint density at radius 2 is 2.04 bits per heavy atom. The standard InChI is InChI=1S/C21H32O3/c1-4-5-6-7-9-19(22)24-15-8-12-21(23)14-11-18-17(16-21)10-13-20(18,2)3/h4-7,9,17-18,23H,1,8,10-16H2,2-3H3/b6-5-,9-7-. The lowest BCUT2D eigenvalue weighted by molar-refractivity contribution is -0.138. The van der Waals surface area contributed by atoms with Crippen LogP contribution in [0.15, 0.2) is 37.0 Å². The van der Waals surface area contributed by atoms with Gasteiger partial charge in [-0.2, -0.15) is 0 Å². The summed E-state index contributed by atoms with van der Waals surface area (Å²) >= 11 is 0. The number of ether oxygens (including phenoxy) is 1. The highest BCUT2D eigenvalue weighted by molar-refractivity contribution is 5.82. The Kier molecular flexibility index (Phi) is 6.45. The number of allylic oxidation sites excluding steroid dienone is 4. The third-order valence-electron chi connectivity index (χ3n) is 5.92. The molecule has 0 heterocycles. The zero-order valence-electron chi connectivity index (χ0n) is 15.2. The minimum atomic E-state index is -0.559. The van der Waals surface area contributed by atoms with E-state index in [-0.39, 0.29) is 5.97 Å². The maximum Gasteiger partial charge on any atom is 0.330 e. The van der Waals surface area contributed by atoms with Crippen molar-refractivity contribution in [3.63, 3.8) is 0 Å². The van der Waals surface area contributed by atoms with Gasteiger partial charge in [-0.05, 0) is 62.2 Å². The molecule has 0 aliphatic heterocycles. The van der Waals surface area contributed by atoms with Crippen LogP contribution in [0, 0.1) is 17.3 Å². The van der Waals surface area contributed by atoms with Crippen LogP contribution in [0.1, 0.15) is 58.8 Å². The number of carbonyl (C=O) groups is 1. The van der Waals surface area contributed by atoms with Crippen molar-refractivity contribution in [3.8, 4) is 0 Å². The molecule has 3 heteroatoms. The Morgan fingerprint density at radius 1 is 1.25 bits per heavy atom. The Bertz CT molecular complexity index is 503. The number of esters is 1. The van der Waals surface area contributed by atoms with Gasteiger partial charge in [-0.25, -0.2) is 4.79 Å². The van der Waals surface area contributed by atoms with Crippen LogP contribution in [-0.2, 0) is 9.53 Å². The van der Waals surface area contributed by atoms with E-state index in [1.807, 2.05) is 0 Å². The van der Waals surface area contributed by atoms with Crippen molar-refractivity contribution in [2.24, 2.45) is 17.3 Å². The molecule has 2 rings (SSSR count). The first kappa shape index (κ1) is 19.0. The van der Waals surface area contributed by atoms with Crippen molar-refractivity contribution >= 4 is 5.97 Å². The van der Waals surface area contributed by atoms with Crippen LogP contribution in [0.25, 0.3) is 0 Å². The molecule has 0 radical (unpaired) electrons. The predicted octanol–water partition coefficient (Wildman–Crippen LogP) is 4.58. The molecule has 3 unspecified atom stereocenters. The lowest BCUT2D eigenvalue weighted by atomic mass is 9.66. The molecule has 3 atom stereocenters. The van der Waals surface area contributed by atoms with Gasteiger partial charge in [0.1, 0.15) is 0 Å². The van der Waals surface area contributed by atoms with E-state index in [9.17, 15) is 9.90 Å². The summed E-state index contributed by atoms with van der Waals surface area (Å²) in [6, 6.07) is 0. The van der Waals surface area contributed by atoms with Crippen LogP contribution < -0.4 is 0 Å². The zero-order chi connectivity index (χ0) is 17.6. The van der Waals surface area contributed by atoms with Crippen molar-refractivity contribution in [2.75, 3.05) is 6.61 Å². The van der Waals surface area contributed by atoms with E-state index < -0.39 is 5.60 Å². The summed E-state index contributed by atoms with van der Waals surface area (Å²) in [6.07, 6.45) is 15.1. The van der Waals surface area contributed by atoms with E-state index in [4.69, 9.17) is 4.74 Å². The monoisotopic (exact) mass is 332 g/mol. The van der Waals surface area contributed by atoms with Gasteiger partial charge in [0.15, 0.2) is 0 Å². The first-order valence-electron chi connectivity index (χ1n) is 9.21. The molecule has 2 fully saturated rings. The SMILES string of the molecule is C=C/C=C\C=C/C(=O)OCCCC1(O)CCC2C(CCC2(C)C)C1. The maximum absolute atomic E-state index is 11.5. The normalized spacial score (nSPS) is 32.1. The molecule has 0 saturated heterocycles. The van der Waals surface area contributed by atoms with Gasteiger partial charge < -0.3 is 9.84 Å². The lowest BCUT2D eigenvalue weighted by Gasteiger charge is -2.42. The van der Waals surface area contributed by atoms with Crippen molar-refractivity contribution in [1.29, 1.82) is 0 Å². The molecule has 2 aliphatic rings. The van der Waals surface area contributed by atoms with Gasteiger partial charge in [-0.15, -0.1) is 0 Å². The second-order valence-corrected chi connectivity index (χ2v) is 8.11. The highest BCUT2D eigenvalue weighted by Crippen LogP contribution is 2.55. The van der Waals surface area contributed by atoms with Crippen molar-refractivity contribution in [2.45, 2.75) is 64.4 Å². The van der Waals surface area contributed by atoms with Crippen LogP contribution in [0.5, 0.6) is 0 Å². The second kappa shape index (κ2) is 8.15. The van der Waals surface area contributed by atoms with E-state index in [0.29, 0.717) is 17.9 Å². The number of hydrogen-bond donors (Lipinski definition) is 1. The Labute approximate surface area is 146 Å². The summed E-state index contributed by atoms with van der Waals surface area (Å²) in [4.78, 5) is 11.5. The summed E-state index contributed by atoms with van der Waals surface area (Å²) in [5.74, 6) is 1.10. The smallest absolute Gasteiger partial charge is 0.330 e. The molecular weight excluding hydrogens is 300 g/mol. The van der Waals surface area contributed by atoms with Gasteiger partial charge in [0.05, 0.1) is 12.2 Å². The summed E-state index contributed by atoms with van der Waals surface area (Å²) in [5.41, 5.74) is -0.121. The second-order valence-electron chi connectivity index (χ2n) is 8.11. The minimum absolute atomic E-state index is 0.336. The molecule has 0 aromatic carbocycles. The predicted molar refractivity (Wildman–Crippen MR) is 97.5 cm³/mol. The van der Waals surface area contributed by atoms with E-state index in [1.165, 1.54) is 18.9 Å². The Morgan fingerprint density at radius 3 is 2.79 bits per heavy atom. The lowest BCUT2D eigenvalue weighted by Crippen LogP contribution is -2.40. The first-order chi connectivity index (χ1) is 11.4. The van der Waals surface area contributed by atoms with Gasteiger partial charge in [-0.3, -0.25) is 0 Å². The van der Waals surface area contributed by atoms with Crippen LogP contribution in [0.3, 0.4) is 0 Å². The summed E-state index contributed by atoms with van der Waals surface area (Å²) < 4.78 is 5.18. The number of hydrogen-bond acceptors (Lipinski definition) is 3. The van der Waals surface area contributed by atoms with E-state index >= 15 is 0 Å². The van der Waals surface area contributed by atoms with Gasteiger partial charge in [0.25, 0.3) is 0 Å². The topological polar surface area (TPSA) is 46.5 Å². The Hall–Kier alpha value is -1.35. The van der Waals surface area contributed by atoms with E-state index in [2.05, 4.69) is 20.4 Å².